The largest absolute Gasteiger partial charge is 0.497 e. The van der Waals surface area contributed by atoms with Crippen LogP contribution in [0.1, 0.15) is 39.2 Å². The van der Waals surface area contributed by atoms with Crippen LogP contribution in [0.15, 0.2) is 24.3 Å². The Morgan fingerprint density at radius 1 is 1.26 bits per heavy atom. The van der Waals surface area contributed by atoms with Crippen molar-refractivity contribution >= 4 is 11.9 Å². The number of rotatable bonds is 4. The predicted molar refractivity (Wildman–Crippen MR) is 87.6 cm³/mol. The molecule has 1 aromatic rings. The first kappa shape index (κ1) is 17.3. The number of carbonyl (C=O) groups excluding carboxylic acids is 1. The number of hydrogen-bond donors (Lipinski definition) is 1. The molecule has 1 fully saturated rings. The van der Waals surface area contributed by atoms with Crippen LogP contribution >= 0.6 is 0 Å². The maximum Gasteiger partial charge on any atom is 0.311 e. The Balaban J connectivity index is 2.21. The highest BCUT2D eigenvalue weighted by molar-refractivity contribution is 5.88. The van der Waals surface area contributed by atoms with Crippen molar-refractivity contribution in [1.29, 1.82) is 0 Å². The first-order valence-electron chi connectivity index (χ1n) is 7.88. The van der Waals surface area contributed by atoms with E-state index in [2.05, 4.69) is 0 Å². The van der Waals surface area contributed by atoms with E-state index in [0.29, 0.717) is 19.4 Å². The van der Waals surface area contributed by atoms with Crippen LogP contribution in [-0.4, -0.2) is 42.1 Å². The Morgan fingerprint density at radius 2 is 1.87 bits per heavy atom. The second-order valence-electron chi connectivity index (χ2n) is 7.05. The van der Waals surface area contributed by atoms with Gasteiger partial charge in [-0.15, -0.1) is 0 Å². The summed E-state index contributed by atoms with van der Waals surface area (Å²) in [6, 6.07) is 7.44. The third-order valence-electron chi connectivity index (χ3n) is 4.85. The molecule has 1 aliphatic rings. The second-order valence-corrected chi connectivity index (χ2v) is 7.05. The van der Waals surface area contributed by atoms with Crippen LogP contribution in [-0.2, 0) is 15.0 Å². The van der Waals surface area contributed by atoms with E-state index in [9.17, 15) is 14.7 Å². The summed E-state index contributed by atoms with van der Waals surface area (Å²) in [5, 5.41) is 9.42. The first-order valence-corrected chi connectivity index (χ1v) is 7.88. The number of hydrogen-bond acceptors (Lipinski definition) is 3. The highest BCUT2D eigenvalue weighted by Crippen LogP contribution is 2.34. The summed E-state index contributed by atoms with van der Waals surface area (Å²) < 4.78 is 5.15. The van der Waals surface area contributed by atoms with Gasteiger partial charge in [0.2, 0.25) is 5.91 Å². The highest BCUT2D eigenvalue weighted by Gasteiger charge is 2.42. The summed E-state index contributed by atoms with van der Waals surface area (Å²) in [7, 11) is 1.60. The number of likely N-dealkylation sites (tertiary alicyclic amines) is 1. The molecule has 1 unspecified atom stereocenters. The fraction of sp³-hybridized carbons (Fsp3) is 0.556. The Labute approximate surface area is 137 Å². The molecule has 0 aromatic heterocycles. The molecule has 1 N–H and O–H groups in total. The normalized spacial score (nSPS) is 21.8. The van der Waals surface area contributed by atoms with E-state index in [1.165, 1.54) is 0 Å². The number of carboxylic acids is 1. The van der Waals surface area contributed by atoms with Gasteiger partial charge in [0.15, 0.2) is 0 Å². The van der Waals surface area contributed by atoms with E-state index in [0.717, 1.165) is 11.3 Å². The lowest BCUT2D eigenvalue weighted by Gasteiger charge is -2.41. The molecule has 1 saturated heterocycles. The number of piperidine rings is 1. The number of amides is 1. The monoisotopic (exact) mass is 319 g/mol. The van der Waals surface area contributed by atoms with E-state index >= 15 is 0 Å². The van der Waals surface area contributed by atoms with Crippen LogP contribution in [0.25, 0.3) is 0 Å². The van der Waals surface area contributed by atoms with E-state index in [1.54, 1.807) is 18.9 Å². The minimum absolute atomic E-state index is 0.0326. The average molecular weight is 319 g/mol. The van der Waals surface area contributed by atoms with Crippen molar-refractivity contribution in [2.24, 2.45) is 5.41 Å². The summed E-state index contributed by atoms with van der Waals surface area (Å²) in [5.74, 6) is -0.125. The Bertz CT molecular complexity index is 594. The summed E-state index contributed by atoms with van der Waals surface area (Å²) >= 11 is 0. The average Bonchev–Trinajstić information content (AvgIpc) is 2.54. The molecule has 126 valence electrons. The van der Waals surface area contributed by atoms with Crippen molar-refractivity contribution in [3.05, 3.63) is 29.8 Å². The van der Waals surface area contributed by atoms with Gasteiger partial charge in [-0.3, -0.25) is 9.59 Å². The quantitative estimate of drug-likeness (QED) is 0.926. The minimum atomic E-state index is -0.857. The molecule has 1 amide bonds. The van der Waals surface area contributed by atoms with Crippen LogP contribution in [0.5, 0.6) is 5.75 Å². The van der Waals surface area contributed by atoms with Gasteiger partial charge in [0.1, 0.15) is 5.75 Å². The molecule has 0 saturated carbocycles. The fourth-order valence-electron chi connectivity index (χ4n) is 3.11. The lowest BCUT2D eigenvalue weighted by atomic mass is 9.78. The molecule has 1 aromatic carbocycles. The van der Waals surface area contributed by atoms with Crippen molar-refractivity contribution in [1.82, 2.24) is 4.90 Å². The number of aliphatic carboxylic acids is 1. The summed E-state index contributed by atoms with van der Waals surface area (Å²) in [5.41, 5.74) is -0.668. The molecule has 0 aliphatic carbocycles. The van der Waals surface area contributed by atoms with E-state index < -0.39 is 16.8 Å². The molecule has 0 spiro atoms. The number of carbonyl (C=O) groups is 2. The van der Waals surface area contributed by atoms with Gasteiger partial charge in [0.25, 0.3) is 0 Å². The van der Waals surface area contributed by atoms with E-state index in [4.69, 9.17) is 4.74 Å². The van der Waals surface area contributed by atoms with Crippen LogP contribution in [0.2, 0.25) is 0 Å². The van der Waals surface area contributed by atoms with Gasteiger partial charge in [0.05, 0.1) is 17.9 Å². The molecule has 2 rings (SSSR count). The third-order valence-corrected chi connectivity index (χ3v) is 4.85. The zero-order chi connectivity index (χ0) is 17.3. The topological polar surface area (TPSA) is 66.8 Å². The standard InChI is InChI=1S/C18H25NO4/c1-17(2,13-6-8-14(23-4)9-7-13)15(20)19-11-5-10-18(3,12-19)16(21)22/h6-9H,5,10-12H2,1-4H3,(H,21,22). The Hall–Kier alpha value is -2.04. The lowest BCUT2D eigenvalue weighted by Crippen LogP contribution is -2.52. The van der Waals surface area contributed by atoms with Gasteiger partial charge in [0, 0.05) is 13.1 Å². The van der Waals surface area contributed by atoms with Gasteiger partial charge in [-0.25, -0.2) is 0 Å². The summed E-state index contributed by atoms with van der Waals surface area (Å²) in [6.07, 6.45) is 1.32. The molecule has 1 atom stereocenters. The zero-order valence-electron chi connectivity index (χ0n) is 14.3. The van der Waals surface area contributed by atoms with Crippen molar-refractivity contribution in [3.63, 3.8) is 0 Å². The molecule has 1 aliphatic heterocycles. The Kier molecular flexibility index (Phi) is 4.68. The van der Waals surface area contributed by atoms with Crippen LogP contribution in [0, 0.1) is 5.41 Å². The van der Waals surface area contributed by atoms with E-state index in [-0.39, 0.29) is 12.5 Å². The van der Waals surface area contributed by atoms with Gasteiger partial charge in [-0.1, -0.05) is 12.1 Å². The third kappa shape index (κ3) is 3.33. The summed E-state index contributed by atoms with van der Waals surface area (Å²) in [4.78, 5) is 26.2. The molecular weight excluding hydrogens is 294 g/mol. The molecule has 5 nitrogen and oxygen atoms in total. The first-order chi connectivity index (χ1) is 10.7. The molecule has 0 bridgehead atoms. The number of methoxy groups -OCH3 is 1. The van der Waals surface area contributed by atoms with Gasteiger partial charge in [-0.05, 0) is 51.3 Å². The molecule has 0 radical (unpaired) electrons. The maximum absolute atomic E-state index is 13.0. The number of carboxylic acid groups (broad SMARTS) is 1. The molecule has 1 heterocycles. The second kappa shape index (κ2) is 6.22. The zero-order valence-corrected chi connectivity index (χ0v) is 14.3. The van der Waals surface area contributed by atoms with Crippen molar-refractivity contribution in [3.8, 4) is 5.75 Å². The van der Waals surface area contributed by atoms with Crippen LogP contribution in [0.3, 0.4) is 0 Å². The lowest BCUT2D eigenvalue weighted by molar-refractivity contribution is -0.154. The van der Waals surface area contributed by atoms with Crippen molar-refractivity contribution in [2.45, 2.75) is 39.0 Å². The van der Waals surface area contributed by atoms with Gasteiger partial charge >= 0.3 is 5.97 Å². The number of ether oxygens (including phenoxy) is 1. The molecule has 5 heteroatoms. The highest BCUT2D eigenvalue weighted by atomic mass is 16.5. The van der Waals surface area contributed by atoms with Gasteiger partial charge < -0.3 is 14.7 Å². The summed E-state index contributed by atoms with van der Waals surface area (Å²) in [6.45, 7) is 6.35. The van der Waals surface area contributed by atoms with Crippen molar-refractivity contribution in [2.75, 3.05) is 20.2 Å². The van der Waals surface area contributed by atoms with Crippen LogP contribution in [0.4, 0.5) is 0 Å². The number of benzene rings is 1. The van der Waals surface area contributed by atoms with E-state index in [1.807, 2.05) is 38.1 Å². The number of nitrogens with zero attached hydrogens (tertiary/aromatic N) is 1. The van der Waals surface area contributed by atoms with Gasteiger partial charge in [-0.2, -0.15) is 0 Å². The fourth-order valence-corrected chi connectivity index (χ4v) is 3.11. The molecule has 23 heavy (non-hydrogen) atoms. The molecular formula is C18H25NO4. The maximum atomic E-state index is 13.0. The predicted octanol–water partition coefficient (Wildman–Crippen LogP) is 2.69. The minimum Gasteiger partial charge on any atom is -0.497 e. The van der Waals surface area contributed by atoms with Crippen molar-refractivity contribution < 1.29 is 19.4 Å². The SMILES string of the molecule is COc1ccc(C(C)(C)C(=O)N2CCCC(C)(C(=O)O)C2)cc1. The van der Waals surface area contributed by atoms with Crippen LogP contribution < -0.4 is 4.74 Å². The Morgan fingerprint density at radius 3 is 2.39 bits per heavy atom. The smallest absolute Gasteiger partial charge is 0.311 e.